The van der Waals surface area contributed by atoms with E-state index in [-0.39, 0.29) is 22.7 Å². The van der Waals surface area contributed by atoms with E-state index < -0.39 is 4.92 Å². The van der Waals surface area contributed by atoms with E-state index in [9.17, 15) is 14.9 Å². The fourth-order valence-electron chi connectivity index (χ4n) is 1.82. The monoisotopic (exact) mass is 335 g/mol. The average Bonchev–Trinajstić information content (AvgIpc) is 2.97. The normalized spacial score (nSPS) is 11.1. The van der Waals surface area contributed by atoms with Crippen LogP contribution in [0.2, 0.25) is 0 Å². The molecular weight excluding hydrogens is 318 g/mol. The van der Waals surface area contributed by atoms with Gasteiger partial charge in [-0.25, -0.2) is 4.98 Å². The standard InChI is InChI=1S/C15H17N3O4S/c1-15(2,3)14-16-8-12(23-14)13(19)17-10-7-9(18(20)21)5-6-11(10)22-4/h5-8H,1-4H3,(H,17,19). The van der Waals surface area contributed by atoms with Crippen LogP contribution in [-0.2, 0) is 5.41 Å². The van der Waals surface area contributed by atoms with Gasteiger partial charge in [-0.3, -0.25) is 14.9 Å². The van der Waals surface area contributed by atoms with E-state index in [2.05, 4.69) is 10.3 Å². The van der Waals surface area contributed by atoms with Crippen molar-refractivity contribution in [2.24, 2.45) is 0 Å². The van der Waals surface area contributed by atoms with Crippen LogP contribution in [0.3, 0.4) is 0 Å². The lowest BCUT2D eigenvalue weighted by Gasteiger charge is -2.13. The van der Waals surface area contributed by atoms with Crippen LogP contribution < -0.4 is 10.1 Å². The Morgan fingerprint density at radius 1 is 1.39 bits per heavy atom. The number of aromatic nitrogens is 1. The number of carbonyl (C=O) groups is 1. The molecule has 0 atom stereocenters. The van der Waals surface area contributed by atoms with Crippen LogP contribution >= 0.6 is 11.3 Å². The van der Waals surface area contributed by atoms with Crippen molar-refractivity contribution >= 4 is 28.6 Å². The number of benzene rings is 1. The molecule has 1 amide bonds. The number of carbonyl (C=O) groups excluding carboxylic acids is 1. The number of nitro benzene ring substituents is 1. The van der Waals surface area contributed by atoms with Crippen LogP contribution in [0.25, 0.3) is 0 Å². The van der Waals surface area contributed by atoms with Gasteiger partial charge in [0.1, 0.15) is 10.6 Å². The first-order valence-electron chi connectivity index (χ1n) is 6.82. The fourth-order valence-corrected chi connectivity index (χ4v) is 2.69. The smallest absolute Gasteiger partial charge is 0.271 e. The second-order valence-electron chi connectivity index (χ2n) is 5.88. The van der Waals surface area contributed by atoms with Crippen LogP contribution in [0.1, 0.15) is 35.5 Å². The molecule has 0 aliphatic carbocycles. The Kier molecular flexibility index (Phi) is 4.65. The maximum Gasteiger partial charge on any atom is 0.271 e. The number of anilines is 1. The molecule has 0 saturated heterocycles. The number of rotatable bonds is 4. The molecule has 1 N–H and O–H groups in total. The Morgan fingerprint density at radius 3 is 2.61 bits per heavy atom. The third-order valence-electron chi connectivity index (χ3n) is 3.01. The molecule has 0 spiro atoms. The summed E-state index contributed by atoms with van der Waals surface area (Å²) in [7, 11) is 1.43. The summed E-state index contributed by atoms with van der Waals surface area (Å²) in [6, 6.07) is 4.03. The number of amides is 1. The third kappa shape index (κ3) is 3.84. The molecule has 1 heterocycles. The van der Waals surface area contributed by atoms with Crippen LogP contribution in [-0.4, -0.2) is 22.9 Å². The average molecular weight is 335 g/mol. The highest BCUT2D eigenvalue weighted by molar-refractivity contribution is 7.13. The predicted molar refractivity (Wildman–Crippen MR) is 88.4 cm³/mol. The Labute approximate surface area is 137 Å². The first-order chi connectivity index (χ1) is 10.7. The number of nitrogens with zero attached hydrogens (tertiary/aromatic N) is 2. The maximum atomic E-state index is 12.3. The quantitative estimate of drug-likeness (QED) is 0.680. The fraction of sp³-hybridized carbons (Fsp3) is 0.333. The van der Waals surface area contributed by atoms with Gasteiger partial charge in [0.25, 0.3) is 11.6 Å². The van der Waals surface area contributed by atoms with E-state index >= 15 is 0 Å². The molecule has 23 heavy (non-hydrogen) atoms. The molecule has 0 bridgehead atoms. The number of nitrogens with one attached hydrogen (secondary N) is 1. The Balaban J connectivity index is 2.27. The first kappa shape index (κ1) is 16.9. The van der Waals surface area contributed by atoms with Gasteiger partial charge in [-0.1, -0.05) is 20.8 Å². The number of methoxy groups -OCH3 is 1. The van der Waals surface area contributed by atoms with Gasteiger partial charge >= 0.3 is 0 Å². The van der Waals surface area contributed by atoms with Gasteiger partial charge in [-0.05, 0) is 6.07 Å². The molecular formula is C15H17N3O4S. The minimum atomic E-state index is -0.528. The molecule has 0 radical (unpaired) electrons. The van der Waals surface area contributed by atoms with E-state index in [1.165, 1.54) is 42.8 Å². The summed E-state index contributed by atoms with van der Waals surface area (Å²) < 4.78 is 5.13. The maximum absolute atomic E-state index is 12.3. The van der Waals surface area contributed by atoms with E-state index in [4.69, 9.17) is 4.74 Å². The van der Waals surface area contributed by atoms with Crippen LogP contribution in [0.4, 0.5) is 11.4 Å². The number of non-ortho nitro benzene ring substituents is 1. The van der Waals surface area contributed by atoms with Crippen LogP contribution in [0.15, 0.2) is 24.4 Å². The number of hydrogen-bond donors (Lipinski definition) is 1. The van der Waals surface area contributed by atoms with Crippen LogP contribution in [0.5, 0.6) is 5.75 Å². The molecule has 0 aliphatic rings. The van der Waals surface area contributed by atoms with Gasteiger partial charge in [-0.15, -0.1) is 11.3 Å². The topological polar surface area (TPSA) is 94.4 Å². The first-order valence-corrected chi connectivity index (χ1v) is 7.64. The second kappa shape index (κ2) is 6.33. The summed E-state index contributed by atoms with van der Waals surface area (Å²) in [5, 5.41) is 14.3. The Morgan fingerprint density at radius 2 is 2.09 bits per heavy atom. The predicted octanol–water partition coefficient (Wildman–Crippen LogP) is 3.61. The molecule has 8 heteroatoms. The molecule has 0 aliphatic heterocycles. The minimum absolute atomic E-state index is 0.124. The summed E-state index contributed by atoms with van der Waals surface area (Å²) in [6.45, 7) is 6.03. The number of ether oxygens (including phenoxy) is 1. The summed E-state index contributed by atoms with van der Waals surface area (Å²) in [5.41, 5.74) is -0.0231. The molecule has 0 saturated carbocycles. The lowest BCUT2D eigenvalue weighted by molar-refractivity contribution is -0.384. The van der Waals surface area contributed by atoms with Crippen molar-refractivity contribution in [3.63, 3.8) is 0 Å². The van der Waals surface area contributed by atoms with Crippen molar-refractivity contribution < 1.29 is 14.5 Å². The molecule has 7 nitrogen and oxygen atoms in total. The number of thiazole rings is 1. The number of nitro groups is 1. The zero-order valence-electron chi connectivity index (χ0n) is 13.2. The van der Waals surface area contributed by atoms with Gasteiger partial charge in [0.2, 0.25) is 0 Å². The van der Waals surface area contributed by atoms with Crippen LogP contribution in [0, 0.1) is 10.1 Å². The van der Waals surface area contributed by atoms with Crippen molar-refractivity contribution in [1.82, 2.24) is 4.98 Å². The third-order valence-corrected chi connectivity index (χ3v) is 4.44. The lowest BCUT2D eigenvalue weighted by Crippen LogP contribution is -2.12. The van der Waals surface area contributed by atoms with E-state index in [1.807, 2.05) is 20.8 Å². The minimum Gasteiger partial charge on any atom is -0.495 e. The molecule has 0 unspecified atom stereocenters. The highest BCUT2D eigenvalue weighted by Crippen LogP contribution is 2.31. The Hall–Kier alpha value is -2.48. The zero-order valence-corrected chi connectivity index (χ0v) is 14.1. The van der Waals surface area contributed by atoms with E-state index in [0.29, 0.717) is 10.6 Å². The van der Waals surface area contributed by atoms with Crippen molar-refractivity contribution in [1.29, 1.82) is 0 Å². The Bertz CT molecular complexity index is 749. The molecule has 1 aromatic heterocycles. The SMILES string of the molecule is COc1ccc([N+](=O)[O-])cc1NC(=O)c1cnc(C(C)(C)C)s1. The second-order valence-corrected chi connectivity index (χ2v) is 6.91. The molecule has 2 rings (SSSR count). The summed E-state index contributed by atoms with van der Waals surface area (Å²) in [5.74, 6) is -0.0266. The van der Waals surface area contributed by atoms with Gasteiger partial charge in [0.05, 0.1) is 28.9 Å². The van der Waals surface area contributed by atoms with E-state index in [0.717, 1.165) is 5.01 Å². The van der Waals surface area contributed by atoms with E-state index in [1.54, 1.807) is 0 Å². The zero-order chi connectivity index (χ0) is 17.2. The summed E-state index contributed by atoms with van der Waals surface area (Å²) in [6.07, 6.45) is 1.50. The lowest BCUT2D eigenvalue weighted by atomic mass is 9.98. The molecule has 1 aromatic carbocycles. The van der Waals surface area contributed by atoms with Gasteiger partial charge < -0.3 is 10.1 Å². The van der Waals surface area contributed by atoms with Crippen molar-refractivity contribution in [2.45, 2.75) is 26.2 Å². The molecule has 122 valence electrons. The van der Waals surface area contributed by atoms with Crippen molar-refractivity contribution in [3.05, 3.63) is 44.4 Å². The number of hydrogen-bond acceptors (Lipinski definition) is 6. The van der Waals surface area contributed by atoms with Gasteiger partial charge in [-0.2, -0.15) is 0 Å². The molecule has 2 aromatic rings. The van der Waals surface area contributed by atoms with Gasteiger partial charge in [0, 0.05) is 17.5 Å². The molecule has 0 fully saturated rings. The van der Waals surface area contributed by atoms with Gasteiger partial charge in [0.15, 0.2) is 0 Å². The largest absolute Gasteiger partial charge is 0.495 e. The summed E-state index contributed by atoms with van der Waals surface area (Å²) >= 11 is 1.29. The summed E-state index contributed by atoms with van der Waals surface area (Å²) in [4.78, 5) is 27.4. The van der Waals surface area contributed by atoms with Crippen molar-refractivity contribution in [2.75, 3.05) is 12.4 Å². The van der Waals surface area contributed by atoms with Crippen molar-refractivity contribution in [3.8, 4) is 5.75 Å². The highest BCUT2D eigenvalue weighted by Gasteiger charge is 2.21. The highest BCUT2D eigenvalue weighted by atomic mass is 32.1.